The molecule has 1 aliphatic rings. The van der Waals surface area contributed by atoms with E-state index < -0.39 is 0 Å². The van der Waals surface area contributed by atoms with Crippen LogP contribution in [0.3, 0.4) is 0 Å². The highest BCUT2D eigenvalue weighted by molar-refractivity contribution is 9.11. The van der Waals surface area contributed by atoms with Crippen molar-refractivity contribution >= 4 is 27.3 Å². The van der Waals surface area contributed by atoms with Gasteiger partial charge in [-0.2, -0.15) is 0 Å². The highest BCUT2D eigenvalue weighted by atomic mass is 79.9. The molecule has 2 heterocycles. The summed E-state index contributed by atoms with van der Waals surface area (Å²) in [7, 11) is 0. The molecule has 0 spiro atoms. The zero-order chi connectivity index (χ0) is 11.5. The molecular formula is C12H18BrNOS. The predicted octanol–water partition coefficient (Wildman–Crippen LogP) is 3.10. The highest BCUT2D eigenvalue weighted by Gasteiger charge is 2.26. The molecule has 16 heavy (non-hydrogen) atoms. The van der Waals surface area contributed by atoms with Gasteiger partial charge in [0, 0.05) is 24.5 Å². The quantitative estimate of drug-likeness (QED) is 0.927. The van der Waals surface area contributed by atoms with Crippen molar-refractivity contribution in [3.05, 3.63) is 20.8 Å². The number of hydrogen-bond donors (Lipinski definition) is 1. The van der Waals surface area contributed by atoms with E-state index in [2.05, 4.69) is 39.9 Å². The standard InChI is InChI=1S/C12H18BrNOS/c1-2-9-7-14(6-5-11(9)15)8-10-3-4-12(13)16-10/h3-4,9,11,15H,2,5-8H2,1H3. The summed E-state index contributed by atoms with van der Waals surface area (Å²) in [5.41, 5.74) is 0. The zero-order valence-electron chi connectivity index (χ0n) is 9.53. The Kier molecular flexibility index (Phi) is 4.41. The molecule has 0 aromatic carbocycles. The van der Waals surface area contributed by atoms with Crippen LogP contribution in [-0.2, 0) is 6.54 Å². The van der Waals surface area contributed by atoms with Gasteiger partial charge in [-0.25, -0.2) is 0 Å². The molecule has 1 fully saturated rings. The van der Waals surface area contributed by atoms with E-state index in [0.717, 1.165) is 32.5 Å². The molecule has 1 N–H and O–H groups in total. The molecule has 1 aromatic heterocycles. The lowest BCUT2D eigenvalue weighted by molar-refractivity contribution is 0.0225. The number of nitrogens with zero attached hydrogens (tertiary/aromatic N) is 1. The number of rotatable bonds is 3. The molecule has 1 saturated heterocycles. The highest BCUT2D eigenvalue weighted by Crippen LogP contribution is 2.26. The van der Waals surface area contributed by atoms with Crippen molar-refractivity contribution < 1.29 is 5.11 Å². The van der Waals surface area contributed by atoms with E-state index >= 15 is 0 Å². The van der Waals surface area contributed by atoms with Gasteiger partial charge in [0.25, 0.3) is 0 Å². The third-order valence-electron chi connectivity index (χ3n) is 3.31. The van der Waals surface area contributed by atoms with Crippen LogP contribution in [0.15, 0.2) is 15.9 Å². The summed E-state index contributed by atoms with van der Waals surface area (Å²) in [4.78, 5) is 3.86. The van der Waals surface area contributed by atoms with Gasteiger partial charge in [0.05, 0.1) is 9.89 Å². The molecule has 1 aromatic rings. The average molecular weight is 304 g/mol. The third-order valence-corrected chi connectivity index (χ3v) is 4.92. The second-order valence-electron chi connectivity index (χ2n) is 4.47. The van der Waals surface area contributed by atoms with Crippen LogP contribution in [-0.4, -0.2) is 29.2 Å². The number of thiophene rings is 1. The Bertz CT molecular complexity index is 342. The minimum absolute atomic E-state index is 0.0867. The van der Waals surface area contributed by atoms with Gasteiger partial charge < -0.3 is 5.11 Å². The molecule has 2 unspecified atom stereocenters. The summed E-state index contributed by atoms with van der Waals surface area (Å²) >= 11 is 5.30. The van der Waals surface area contributed by atoms with Crippen LogP contribution in [0, 0.1) is 5.92 Å². The molecule has 0 bridgehead atoms. The fourth-order valence-electron chi connectivity index (χ4n) is 2.30. The summed E-state index contributed by atoms with van der Waals surface area (Å²) in [6.45, 7) is 5.25. The summed E-state index contributed by atoms with van der Waals surface area (Å²) < 4.78 is 1.20. The van der Waals surface area contributed by atoms with Gasteiger partial charge in [-0.1, -0.05) is 6.92 Å². The second kappa shape index (κ2) is 5.63. The van der Waals surface area contributed by atoms with Gasteiger partial charge >= 0.3 is 0 Å². The van der Waals surface area contributed by atoms with Gasteiger partial charge in [0.1, 0.15) is 0 Å². The molecule has 0 radical (unpaired) electrons. The molecule has 4 heteroatoms. The molecule has 0 amide bonds. The van der Waals surface area contributed by atoms with Crippen LogP contribution in [0.5, 0.6) is 0 Å². The molecule has 2 atom stereocenters. The molecule has 90 valence electrons. The maximum atomic E-state index is 9.83. The lowest BCUT2D eigenvalue weighted by atomic mass is 9.92. The van der Waals surface area contributed by atoms with Crippen molar-refractivity contribution in [3.8, 4) is 0 Å². The Hall–Kier alpha value is 0.1000. The summed E-state index contributed by atoms with van der Waals surface area (Å²) in [6.07, 6.45) is 1.91. The Morgan fingerprint density at radius 3 is 3.00 bits per heavy atom. The number of hydrogen-bond acceptors (Lipinski definition) is 3. The van der Waals surface area contributed by atoms with Crippen molar-refractivity contribution in [1.29, 1.82) is 0 Å². The lowest BCUT2D eigenvalue weighted by Gasteiger charge is -2.35. The first-order valence-corrected chi connectivity index (χ1v) is 7.44. The summed E-state index contributed by atoms with van der Waals surface area (Å²) in [6, 6.07) is 4.29. The van der Waals surface area contributed by atoms with Crippen LogP contribution in [0.4, 0.5) is 0 Å². The van der Waals surface area contributed by atoms with Crippen LogP contribution in [0.25, 0.3) is 0 Å². The van der Waals surface area contributed by atoms with E-state index in [-0.39, 0.29) is 6.10 Å². The van der Waals surface area contributed by atoms with E-state index in [4.69, 9.17) is 0 Å². The SMILES string of the molecule is CCC1CN(Cc2ccc(Br)s2)CCC1O. The van der Waals surface area contributed by atoms with Crippen LogP contribution in [0.2, 0.25) is 0 Å². The van der Waals surface area contributed by atoms with Crippen LogP contribution in [0.1, 0.15) is 24.6 Å². The van der Waals surface area contributed by atoms with E-state index in [0.29, 0.717) is 5.92 Å². The second-order valence-corrected chi connectivity index (χ2v) is 7.01. The maximum absolute atomic E-state index is 9.83. The molecule has 0 saturated carbocycles. The average Bonchev–Trinajstić information content (AvgIpc) is 2.67. The van der Waals surface area contributed by atoms with Gasteiger partial charge in [0.15, 0.2) is 0 Å². The largest absolute Gasteiger partial charge is 0.393 e. The number of piperidine rings is 1. The first kappa shape index (κ1) is 12.6. The first-order valence-electron chi connectivity index (χ1n) is 5.83. The van der Waals surface area contributed by atoms with E-state index in [1.54, 1.807) is 11.3 Å². The fourth-order valence-corrected chi connectivity index (χ4v) is 3.82. The normalized spacial score (nSPS) is 27.2. The van der Waals surface area contributed by atoms with E-state index in [1.165, 1.54) is 8.66 Å². The smallest absolute Gasteiger partial charge is 0.0701 e. The van der Waals surface area contributed by atoms with E-state index in [9.17, 15) is 5.11 Å². The molecule has 2 nitrogen and oxygen atoms in total. The predicted molar refractivity (Wildman–Crippen MR) is 71.7 cm³/mol. The molecular weight excluding hydrogens is 286 g/mol. The number of likely N-dealkylation sites (tertiary alicyclic amines) is 1. The Balaban J connectivity index is 1.91. The fraction of sp³-hybridized carbons (Fsp3) is 0.667. The minimum Gasteiger partial charge on any atom is -0.393 e. The van der Waals surface area contributed by atoms with Crippen molar-refractivity contribution in [2.45, 2.75) is 32.4 Å². The van der Waals surface area contributed by atoms with Crippen LogP contribution >= 0.6 is 27.3 Å². The maximum Gasteiger partial charge on any atom is 0.0701 e. The molecule has 2 rings (SSSR count). The summed E-state index contributed by atoms with van der Waals surface area (Å²) in [5, 5.41) is 9.83. The number of aliphatic hydroxyl groups is 1. The zero-order valence-corrected chi connectivity index (χ0v) is 11.9. The first-order chi connectivity index (χ1) is 7.69. The Morgan fingerprint density at radius 1 is 1.56 bits per heavy atom. The summed E-state index contributed by atoms with van der Waals surface area (Å²) in [5.74, 6) is 0.456. The van der Waals surface area contributed by atoms with E-state index in [1.807, 2.05) is 0 Å². The molecule has 1 aliphatic heterocycles. The third kappa shape index (κ3) is 3.06. The van der Waals surface area contributed by atoms with Gasteiger partial charge in [0.2, 0.25) is 0 Å². The van der Waals surface area contributed by atoms with Gasteiger partial charge in [-0.15, -0.1) is 11.3 Å². The number of aliphatic hydroxyl groups excluding tert-OH is 1. The number of halogens is 1. The monoisotopic (exact) mass is 303 g/mol. The van der Waals surface area contributed by atoms with Crippen molar-refractivity contribution in [1.82, 2.24) is 4.90 Å². The Morgan fingerprint density at radius 2 is 2.38 bits per heavy atom. The van der Waals surface area contributed by atoms with Crippen molar-refractivity contribution in [2.75, 3.05) is 13.1 Å². The van der Waals surface area contributed by atoms with Gasteiger partial charge in [-0.3, -0.25) is 4.90 Å². The minimum atomic E-state index is -0.0867. The topological polar surface area (TPSA) is 23.5 Å². The molecule has 0 aliphatic carbocycles. The van der Waals surface area contributed by atoms with Crippen molar-refractivity contribution in [3.63, 3.8) is 0 Å². The van der Waals surface area contributed by atoms with Crippen LogP contribution < -0.4 is 0 Å². The lowest BCUT2D eigenvalue weighted by Crippen LogP contribution is -2.42. The Labute approximate surface area is 109 Å². The van der Waals surface area contributed by atoms with Crippen molar-refractivity contribution in [2.24, 2.45) is 5.92 Å². The van der Waals surface area contributed by atoms with Gasteiger partial charge in [-0.05, 0) is 46.8 Å².